The number of hydrogen-bond donors (Lipinski definition) is 1. The number of carbonyl (C=O) groups is 1. The Bertz CT molecular complexity index is 444. The summed E-state index contributed by atoms with van der Waals surface area (Å²) < 4.78 is 5.33. The Kier molecular flexibility index (Phi) is 4.43. The molecule has 0 bridgehead atoms. The fourth-order valence-electron chi connectivity index (χ4n) is 1.99. The molecule has 0 aromatic heterocycles. The monoisotopic (exact) mass is 262 g/mol. The van der Waals surface area contributed by atoms with E-state index in [9.17, 15) is 4.79 Å². The number of methoxy groups -OCH3 is 1. The molecule has 0 saturated heterocycles. The molecule has 0 radical (unpaired) electrons. The molecule has 1 saturated carbocycles. The first-order valence-electron chi connectivity index (χ1n) is 6.74. The van der Waals surface area contributed by atoms with E-state index < -0.39 is 0 Å². The van der Waals surface area contributed by atoms with Crippen molar-refractivity contribution in [1.29, 1.82) is 0 Å². The Balaban J connectivity index is 1.95. The van der Waals surface area contributed by atoms with Gasteiger partial charge in [-0.2, -0.15) is 0 Å². The highest BCUT2D eigenvalue weighted by molar-refractivity contribution is 5.81. The van der Waals surface area contributed by atoms with E-state index in [1.807, 2.05) is 43.1 Å². The average molecular weight is 262 g/mol. The second-order valence-electron chi connectivity index (χ2n) is 5.19. The summed E-state index contributed by atoms with van der Waals surface area (Å²) in [7, 11) is 3.63. The lowest BCUT2D eigenvalue weighted by Gasteiger charge is -2.24. The van der Waals surface area contributed by atoms with Crippen molar-refractivity contribution in [2.24, 2.45) is 0 Å². The summed E-state index contributed by atoms with van der Waals surface area (Å²) in [4.78, 5) is 14.0. The molecule has 1 aromatic rings. The van der Waals surface area contributed by atoms with Crippen LogP contribution in [0.3, 0.4) is 0 Å². The number of carbonyl (C=O) groups excluding carboxylic acids is 1. The maximum Gasteiger partial charge on any atom is 0.237 e. The first-order chi connectivity index (χ1) is 9.11. The molecule has 1 fully saturated rings. The molecule has 0 spiro atoms. The quantitative estimate of drug-likeness (QED) is 0.850. The standard InChI is InChI=1S/C15H22N2O2/c1-11(15(18)16-13-8-9-13)17(2)10-12-6-4-5-7-14(12)19-3/h4-7,11,13H,8-10H2,1-3H3,(H,16,18). The highest BCUT2D eigenvalue weighted by Gasteiger charge is 2.27. The van der Waals surface area contributed by atoms with E-state index in [-0.39, 0.29) is 11.9 Å². The van der Waals surface area contributed by atoms with Gasteiger partial charge in [-0.3, -0.25) is 9.69 Å². The topological polar surface area (TPSA) is 41.6 Å². The van der Waals surface area contributed by atoms with Crippen LogP contribution in [0.25, 0.3) is 0 Å². The molecule has 1 N–H and O–H groups in total. The SMILES string of the molecule is COc1ccccc1CN(C)C(C)C(=O)NC1CC1. The van der Waals surface area contributed by atoms with Gasteiger partial charge in [0.15, 0.2) is 0 Å². The zero-order valence-electron chi connectivity index (χ0n) is 11.8. The van der Waals surface area contributed by atoms with E-state index in [1.54, 1.807) is 7.11 Å². The third kappa shape index (κ3) is 3.70. The van der Waals surface area contributed by atoms with E-state index >= 15 is 0 Å². The smallest absolute Gasteiger partial charge is 0.237 e. The predicted octanol–water partition coefficient (Wildman–Crippen LogP) is 1.79. The molecule has 19 heavy (non-hydrogen) atoms. The van der Waals surface area contributed by atoms with Crippen LogP contribution < -0.4 is 10.1 Å². The largest absolute Gasteiger partial charge is 0.496 e. The zero-order chi connectivity index (χ0) is 13.8. The molecule has 104 valence electrons. The molecular weight excluding hydrogens is 240 g/mol. The van der Waals surface area contributed by atoms with Gasteiger partial charge in [-0.25, -0.2) is 0 Å². The Hall–Kier alpha value is -1.55. The van der Waals surface area contributed by atoms with Crippen molar-refractivity contribution in [3.8, 4) is 5.75 Å². The third-order valence-electron chi connectivity index (χ3n) is 3.58. The average Bonchev–Trinajstić information content (AvgIpc) is 3.22. The summed E-state index contributed by atoms with van der Waals surface area (Å²) in [6.07, 6.45) is 2.24. The molecule has 4 nitrogen and oxygen atoms in total. The number of amides is 1. The summed E-state index contributed by atoms with van der Waals surface area (Å²) in [6, 6.07) is 8.19. The van der Waals surface area contributed by atoms with Gasteiger partial charge < -0.3 is 10.1 Å². The Morgan fingerprint density at radius 1 is 1.47 bits per heavy atom. The minimum atomic E-state index is -0.134. The molecule has 2 rings (SSSR count). The minimum Gasteiger partial charge on any atom is -0.496 e. The van der Waals surface area contributed by atoms with Crippen LogP contribution in [0.5, 0.6) is 5.75 Å². The van der Waals surface area contributed by atoms with Crippen molar-refractivity contribution in [3.05, 3.63) is 29.8 Å². The van der Waals surface area contributed by atoms with Crippen LogP contribution in [0, 0.1) is 0 Å². The van der Waals surface area contributed by atoms with Crippen LogP contribution in [-0.4, -0.2) is 37.0 Å². The first-order valence-corrected chi connectivity index (χ1v) is 6.74. The second-order valence-corrected chi connectivity index (χ2v) is 5.19. The Morgan fingerprint density at radius 2 is 2.16 bits per heavy atom. The number of hydrogen-bond acceptors (Lipinski definition) is 3. The summed E-state index contributed by atoms with van der Waals surface area (Å²) >= 11 is 0. The molecule has 4 heteroatoms. The van der Waals surface area contributed by atoms with E-state index in [4.69, 9.17) is 4.74 Å². The summed E-state index contributed by atoms with van der Waals surface area (Å²) in [5.74, 6) is 0.976. The van der Waals surface area contributed by atoms with Gasteiger partial charge in [0.25, 0.3) is 0 Å². The van der Waals surface area contributed by atoms with Crippen molar-refractivity contribution in [2.45, 2.75) is 38.4 Å². The highest BCUT2D eigenvalue weighted by Crippen LogP contribution is 2.21. The molecule has 0 heterocycles. The maximum absolute atomic E-state index is 12.0. The second kappa shape index (κ2) is 6.06. The molecule has 1 aliphatic carbocycles. The maximum atomic E-state index is 12.0. The number of rotatable bonds is 6. The lowest BCUT2D eigenvalue weighted by atomic mass is 10.1. The number of para-hydroxylation sites is 1. The van der Waals surface area contributed by atoms with Crippen LogP contribution in [0.2, 0.25) is 0 Å². The highest BCUT2D eigenvalue weighted by atomic mass is 16.5. The van der Waals surface area contributed by atoms with Crippen LogP contribution in [-0.2, 0) is 11.3 Å². The lowest BCUT2D eigenvalue weighted by Crippen LogP contribution is -2.43. The number of ether oxygens (including phenoxy) is 1. The van der Waals surface area contributed by atoms with E-state index in [0.29, 0.717) is 12.6 Å². The Labute approximate surface area is 114 Å². The number of nitrogens with one attached hydrogen (secondary N) is 1. The Morgan fingerprint density at radius 3 is 2.79 bits per heavy atom. The van der Waals surface area contributed by atoms with Crippen molar-refractivity contribution in [1.82, 2.24) is 10.2 Å². The third-order valence-corrected chi connectivity index (χ3v) is 3.58. The fourth-order valence-corrected chi connectivity index (χ4v) is 1.99. The van der Waals surface area contributed by atoms with Gasteiger partial charge in [0.05, 0.1) is 13.2 Å². The van der Waals surface area contributed by atoms with Crippen molar-refractivity contribution >= 4 is 5.91 Å². The predicted molar refractivity (Wildman–Crippen MR) is 75.1 cm³/mol. The first kappa shape index (κ1) is 13.9. The zero-order valence-corrected chi connectivity index (χ0v) is 11.8. The number of nitrogens with zero attached hydrogens (tertiary/aromatic N) is 1. The van der Waals surface area contributed by atoms with Gasteiger partial charge in [0, 0.05) is 18.2 Å². The van der Waals surface area contributed by atoms with Crippen molar-refractivity contribution < 1.29 is 9.53 Å². The van der Waals surface area contributed by atoms with Crippen LogP contribution in [0.4, 0.5) is 0 Å². The number of benzene rings is 1. The molecule has 0 aliphatic heterocycles. The molecule has 1 aliphatic rings. The van der Waals surface area contributed by atoms with E-state index in [2.05, 4.69) is 5.32 Å². The van der Waals surface area contributed by atoms with Crippen molar-refractivity contribution in [2.75, 3.05) is 14.2 Å². The van der Waals surface area contributed by atoms with Crippen LogP contribution >= 0.6 is 0 Å². The van der Waals surface area contributed by atoms with E-state index in [0.717, 1.165) is 24.2 Å². The van der Waals surface area contributed by atoms with Gasteiger partial charge >= 0.3 is 0 Å². The fraction of sp³-hybridized carbons (Fsp3) is 0.533. The summed E-state index contributed by atoms with van der Waals surface area (Å²) in [5, 5.41) is 3.04. The molecular formula is C15H22N2O2. The minimum absolute atomic E-state index is 0.111. The van der Waals surface area contributed by atoms with Gasteiger partial charge in [-0.05, 0) is 32.9 Å². The van der Waals surface area contributed by atoms with E-state index in [1.165, 1.54) is 0 Å². The lowest BCUT2D eigenvalue weighted by molar-refractivity contribution is -0.125. The van der Waals surface area contributed by atoms with Crippen LogP contribution in [0.1, 0.15) is 25.3 Å². The molecule has 1 unspecified atom stereocenters. The summed E-state index contributed by atoms with van der Waals surface area (Å²) in [5.41, 5.74) is 1.10. The molecule has 1 atom stereocenters. The molecule has 1 amide bonds. The van der Waals surface area contributed by atoms with Crippen LogP contribution in [0.15, 0.2) is 24.3 Å². The summed E-state index contributed by atoms with van der Waals surface area (Å²) in [6.45, 7) is 2.64. The molecule has 1 aromatic carbocycles. The van der Waals surface area contributed by atoms with Gasteiger partial charge in [0.1, 0.15) is 5.75 Å². The number of likely N-dealkylation sites (N-methyl/N-ethyl adjacent to an activating group) is 1. The van der Waals surface area contributed by atoms with Gasteiger partial charge in [-0.1, -0.05) is 18.2 Å². The normalized spacial score (nSPS) is 16.2. The van der Waals surface area contributed by atoms with Gasteiger partial charge in [0.2, 0.25) is 5.91 Å². The van der Waals surface area contributed by atoms with Gasteiger partial charge in [-0.15, -0.1) is 0 Å². The van der Waals surface area contributed by atoms with Crippen molar-refractivity contribution in [3.63, 3.8) is 0 Å².